The summed E-state index contributed by atoms with van der Waals surface area (Å²) >= 11 is 12.0. The molecule has 5 nitrogen and oxygen atoms in total. The van der Waals surface area contributed by atoms with Crippen LogP contribution in [-0.2, 0) is 27.7 Å². The monoisotopic (exact) mass is 476 g/mol. The first-order valence-corrected chi connectivity index (χ1v) is 11.9. The highest BCUT2D eigenvalue weighted by Crippen LogP contribution is 2.25. The van der Waals surface area contributed by atoms with Crippen molar-refractivity contribution in [2.24, 2.45) is 0 Å². The molecule has 0 radical (unpaired) electrons. The molecule has 0 unspecified atom stereocenters. The first-order chi connectivity index (χ1) is 14.8. The lowest BCUT2D eigenvalue weighted by molar-refractivity contribution is -0.122. The summed E-state index contributed by atoms with van der Waals surface area (Å²) in [6, 6.07) is 22.1. The van der Waals surface area contributed by atoms with E-state index in [0.29, 0.717) is 13.0 Å². The number of hydrogen-bond donors (Lipinski definition) is 2. The summed E-state index contributed by atoms with van der Waals surface area (Å²) in [5.74, 6) is -0.415. The van der Waals surface area contributed by atoms with E-state index in [1.807, 2.05) is 60.7 Å². The molecular weight excluding hydrogens is 455 g/mol. The van der Waals surface area contributed by atoms with Crippen LogP contribution >= 0.6 is 23.2 Å². The Hall–Kier alpha value is -2.38. The quantitative estimate of drug-likeness (QED) is 0.484. The highest BCUT2D eigenvalue weighted by atomic mass is 35.5. The Balaban J connectivity index is 1.77. The lowest BCUT2D eigenvalue weighted by Gasteiger charge is -2.19. The molecule has 0 heterocycles. The standard InChI is InChI=1S/C23H22Cl2N2O3S/c24-19-11-12-20(25)22(16-19)31(29,30)27-21(15-18-9-5-2-6-10-18)23(28)26-14-13-17-7-3-1-4-8-17/h1-12,16,21,27H,13-15H2,(H,26,28)/t21-/m1/s1. The molecule has 0 saturated heterocycles. The van der Waals surface area contributed by atoms with Gasteiger partial charge in [0.15, 0.2) is 0 Å². The van der Waals surface area contributed by atoms with Crippen molar-refractivity contribution in [3.8, 4) is 0 Å². The van der Waals surface area contributed by atoms with Crippen LogP contribution in [0.25, 0.3) is 0 Å². The van der Waals surface area contributed by atoms with Crippen LogP contribution in [0.3, 0.4) is 0 Å². The lowest BCUT2D eigenvalue weighted by atomic mass is 10.1. The molecule has 3 rings (SSSR count). The van der Waals surface area contributed by atoms with Gasteiger partial charge in [-0.25, -0.2) is 8.42 Å². The van der Waals surface area contributed by atoms with Gasteiger partial charge in [-0.15, -0.1) is 0 Å². The highest BCUT2D eigenvalue weighted by molar-refractivity contribution is 7.89. The van der Waals surface area contributed by atoms with Crippen LogP contribution in [0.5, 0.6) is 0 Å². The smallest absolute Gasteiger partial charge is 0.242 e. The van der Waals surface area contributed by atoms with Crippen LogP contribution in [0.1, 0.15) is 11.1 Å². The predicted molar refractivity (Wildman–Crippen MR) is 124 cm³/mol. The number of benzene rings is 3. The van der Waals surface area contributed by atoms with E-state index in [9.17, 15) is 13.2 Å². The molecule has 0 aliphatic carbocycles. The van der Waals surface area contributed by atoms with E-state index in [4.69, 9.17) is 23.2 Å². The van der Waals surface area contributed by atoms with Gasteiger partial charge in [0.1, 0.15) is 10.9 Å². The second-order valence-corrected chi connectivity index (χ2v) is 9.49. The first kappa shape index (κ1) is 23.3. The van der Waals surface area contributed by atoms with E-state index in [-0.39, 0.29) is 21.4 Å². The zero-order valence-electron chi connectivity index (χ0n) is 16.6. The number of rotatable bonds is 9. The average molecular weight is 477 g/mol. The second-order valence-electron chi connectivity index (χ2n) is 6.96. The molecule has 0 saturated carbocycles. The van der Waals surface area contributed by atoms with Crippen molar-refractivity contribution >= 4 is 39.1 Å². The number of sulfonamides is 1. The zero-order chi connectivity index (χ0) is 22.3. The van der Waals surface area contributed by atoms with Crippen molar-refractivity contribution in [2.45, 2.75) is 23.8 Å². The molecule has 0 aromatic heterocycles. The zero-order valence-corrected chi connectivity index (χ0v) is 18.9. The van der Waals surface area contributed by atoms with E-state index < -0.39 is 22.0 Å². The van der Waals surface area contributed by atoms with E-state index in [1.165, 1.54) is 18.2 Å². The maximum Gasteiger partial charge on any atom is 0.242 e. The summed E-state index contributed by atoms with van der Waals surface area (Å²) in [6.45, 7) is 0.383. The van der Waals surface area contributed by atoms with Crippen molar-refractivity contribution < 1.29 is 13.2 Å². The molecule has 1 amide bonds. The summed E-state index contributed by atoms with van der Waals surface area (Å²) in [7, 11) is -4.08. The molecule has 1 atom stereocenters. The fourth-order valence-corrected chi connectivity index (χ4v) is 5.03. The minimum atomic E-state index is -4.08. The van der Waals surface area contributed by atoms with Crippen LogP contribution in [0.4, 0.5) is 0 Å². The fourth-order valence-electron chi connectivity index (χ4n) is 3.07. The maximum atomic E-state index is 13.0. The molecule has 8 heteroatoms. The molecule has 0 bridgehead atoms. The third-order valence-corrected chi connectivity index (χ3v) is 6.82. The number of carbonyl (C=O) groups excluding carboxylic acids is 1. The van der Waals surface area contributed by atoms with Crippen molar-refractivity contribution in [3.63, 3.8) is 0 Å². The van der Waals surface area contributed by atoms with Gasteiger partial charge in [0.2, 0.25) is 15.9 Å². The van der Waals surface area contributed by atoms with E-state index in [0.717, 1.165) is 11.1 Å². The molecule has 0 aliphatic rings. The van der Waals surface area contributed by atoms with Crippen molar-refractivity contribution in [3.05, 3.63) is 100 Å². The number of carbonyl (C=O) groups is 1. The van der Waals surface area contributed by atoms with Crippen molar-refractivity contribution in [2.75, 3.05) is 6.54 Å². The Bertz CT molecular complexity index is 1120. The Morgan fingerprint density at radius 1 is 0.871 bits per heavy atom. The predicted octanol–water partition coefficient (Wildman–Crippen LogP) is 4.24. The van der Waals surface area contributed by atoms with Crippen LogP contribution in [0, 0.1) is 0 Å². The number of nitrogens with one attached hydrogen (secondary N) is 2. The molecule has 3 aromatic rings. The van der Waals surface area contributed by atoms with E-state index in [1.54, 1.807) is 0 Å². The van der Waals surface area contributed by atoms with Gasteiger partial charge in [-0.1, -0.05) is 83.9 Å². The van der Waals surface area contributed by atoms with E-state index >= 15 is 0 Å². The second kappa shape index (κ2) is 10.8. The molecule has 3 aromatic carbocycles. The first-order valence-electron chi connectivity index (χ1n) is 9.68. The Morgan fingerprint density at radius 2 is 1.48 bits per heavy atom. The molecule has 0 aliphatic heterocycles. The Labute approximate surface area is 192 Å². The molecule has 162 valence electrons. The molecular formula is C23H22Cl2N2O3S. The fraction of sp³-hybridized carbons (Fsp3) is 0.174. The number of halogens is 2. The Morgan fingerprint density at radius 3 is 2.13 bits per heavy atom. The van der Waals surface area contributed by atoms with Crippen LogP contribution in [0.15, 0.2) is 83.8 Å². The van der Waals surface area contributed by atoms with Gasteiger partial charge in [0.25, 0.3) is 0 Å². The van der Waals surface area contributed by atoms with Gasteiger partial charge in [0.05, 0.1) is 5.02 Å². The minimum Gasteiger partial charge on any atom is -0.354 e. The lowest BCUT2D eigenvalue weighted by Crippen LogP contribution is -2.48. The van der Waals surface area contributed by atoms with Gasteiger partial charge < -0.3 is 5.32 Å². The summed E-state index contributed by atoms with van der Waals surface area (Å²) in [5.41, 5.74) is 1.90. The molecule has 2 N–H and O–H groups in total. The number of amides is 1. The summed E-state index contributed by atoms with van der Waals surface area (Å²) < 4.78 is 28.4. The van der Waals surface area contributed by atoms with Gasteiger partial charge in [0, 0.05) is 11.6 Å². The minimum absolute atomic E-state index is 0.0276. The van der Waals surface area contributed by atoms with Crippen LogP contribution < -0.4 is 10.0 Å². The molecule has 0 spiro atoms. The maximum absolute atomic E-state index is 13.0. The van der Waals surface area contributed by atoms with Crippen LogP contribution in [-0.4, -0.2) is 26.9 Å². The summed E-state index contributed by atoms with van der Waals surface area (Å²) in [4.78, 5) is 12.7. The largest absolute Gasteiger partial charge is 0.354 e. The van der Waals surface area contributed by atoms with Gasteiger partial charge in [-0.3, -0.25) is 4.79 Å². The Kier molecular flexibility index (Phi) is 8.09. The molecule has 31 heavy (non-hydrogen) atoms. The third kappa shape index (κ3) is 6.80. The third-order valence-electron chi connectivity index (χ3n) is 4.64. The number of hydrogen-bond acceptors (Lipinski definition) is 3. The highest BCUT2D eigenvalue weighted by Gasteiger charge is 2.27. The normalized spacial score (nSPS) is 12.3. The van der Waals surface area contributed by atoms with Crippen molar-refractivity contribution in [1.82, 2.24) is 10.0 Å². The van der Waals surface area contributed by atoms with Gasteiger partial charge >= 0.3 is 0 Å². The topological polar surface area (TPSA) is 75.3 Å². The average Bonchev–Trinajstić information content (AvgIpc) is 2.76. The van der Waals surface area contributed by atoms with Gasteiger partial charge in [-0.05, 0) is 42.2 Å². The van der Waals surface area contributed by atoms with Crippen molar-refractivity contribution in [1.29, 1.82) is 0 Å². The SMILES string of the molecule is O=C(NCCc1ccccc1)[C@@H](Cc1ccccc1)NS(=O)(=O)c1cc(Cl)ccc1Cl. The van der Waals surface area contributed by atoms with E-state index in [2.05, 4.69) is 10.0 Å². The summed E-state index contributed by atoms with van der Waals surface area (Å²) in [5, 5.41) is 3.09. The van der Waals surface area contributed by atoms with Gasteiger partial charge in [-0.2, -0.15) is 4.72 Å². The van der Waals surface area contributed by atoms with Crippen LogP contribution in [0.2, 0.25) is 10.0 Å². The molecule has 0 fully saturated rings. The summed E-state index contributed by atoms with van der Waals surface area (Å²) in [6.07, 6.45) is 0.826.